The molecule has 2 heterocycles. The normalized spacial score (nSPS) is 11.8. The van der Waals surface area contributed by atoms with E-state index in [2.05, 4.69) is 16.9 Å². The van der Waals surface area contributed by atoms with Gasteiger partial charge < -0.3 is 9.52 Å². The van der Waals surface area contributed by atoms with Crippen LogP contribution in [0.15, 0.2) is 69.3 Å². The Bertz CT molecular complexity index is 1320. The Kier molecular flexibility index (Phi) is 5.46. The maximum atomic E-state index is 12.7. The largest absolute Gasteiger partial charge is 0.475 e. The van der Waals surface area contributed by atoms with Gasteiger partial charge in [0.15, 0.2) is 0 Å². The minimum Gasteiger partial charge on any atom is -0.475 e. The van der Waals surface area contributed by atoms with Crippen LogP contribution in [0.5, 0.6) is 0 Å². The van der Waals surface area contributed by atoms with Crippen molar-refractivity contribution in [3.8, 4) is 10.4 Å². The summed E-state index contributed by atoms with van der Waals surface area (Å²) >= 11 is 1.66. The van der Waals surface area contributed by atoms with Gasteiger partial charge in [-0.15, -0.1) is 11.3 Å². The SMILES string of the molecule is Cc1c(C(=O)O)oc2ccc(S(=O)(=O)NCCc3cccc(-c4cccs4)c3)cc12. The number of sulfonamides is 1. The van der Waals surface area contributed by atoms with E-state index >= 15 is 0 Å². The molecule has 0 aliphatic rings. The second-order valence-electron chi connectivity index (χ2n) is 6.84. The maximum absolute atomic E-state index is 12.7. The molecule has 2 N–H and O–H groups in total. The second-order valence-corrected chi connectivity index (χ2v) is 9.56. The van der Waals surface area contributed by atoms with Crippen molar-refractivity contribution in [3.05, 3.63) is 76.9 Å². The molecule has 6 nitrogen and oxygen atoms in total. The first-order chi connectivity index (χ1) is 14.3. The summed E-state index contributed by atoms with van der Waals surface area (Å²) in [5.74, 6) is -1.37. The van der Waals surface area contributed by atoms with Crippen molar-refractivity contribution >= 4 is 38.3 Å². The average molecular weight is 442 g/mol. The monoisotopic (exact) mass is 441 g/mol. The molecule has 4 rings (SSSR count). The van der Waals surface area contributed by atoms with Crippen molar-refractivity contribution in [1.29, 1.82) is 0 Å². The van der Waals surface area contributed by atoms with Crippen LogP contribution in [-0.4, -0.2) is 26.0 Å². The molecule has 0 aliphatic carbocycles. The molecule has 0 fully saturated rings. The van der Waals surface area contributed by atoms with Crippen LogP contribution in [0.25, 0.3) is 21.4 Å². The molecule has 0 saturated carbocycles. The summed E-state index contributed by atoms with van der Waals surface area (Å²) in [5, 5.41) is 11.7. The predicted octanol–water partition coefficient (Wildman–Crippen LogP) is 4.69. The number of rotatable bonds is 7. The average Bonchev–Trinajstić information content (AvgIpc) is 3.36. The quantitative estimate of drug-likeness (QED) is 0.434. The number of thiophene rings is 1. The Morgan fingerprint density at radius 3 is 2.70 bits per heavy atom. The topological polar surface area (TPSA) is 96.6 Å². The number of carboxylic acid groups (broad SMARTS) is 1. The maximum Gasteiger partial charge on any atom is 0.372 e. The molecule has 2 aromatic heterocycles. The number of hydrogen-bond donors (Lipinski definition) is 2. The number of aromatic carboxylic acids is 1. The molecule has 0 bridgehead atoms. The van der Waals surface area contributed by atoms with Gasteiger partial charge in [0.05, 0.1) is 4.90 Å². The van der Waals surface area contributed by atoms with E-state index in [-0.39, 0.29) is 17.2 Å². The van der Waals surface area contributed by atoms with Gasteiger partial charge >= 0.3 is 5.97 Å². The first kappa shape index (κ1) is 20.3. The molecule has 154 valence electrons. The Balaban J connectivity index is 1.49. The van der Waals surface area contributed by atoms with Crippen molar-refractivity contribution < 1.29 is 22.7 Å². The number of carbonyl (C=O) groups is 1. The third kappa shape index (κ3) is 4.02. The van der Waals surface area contributed by atoms with Crippen LogP contribution in [0, 0.1) is 6.92 Å². The molecule has 4 aromatic rings. The van der Waals surface area contributed by atoms with Gasteiger partial charge in [-0.3, -0.25) is 0 Å². The van der Waals surface area contributed by atoms with E-state index in [1.165, 1.54) is 23.1 Å². The number of furan rings is 1. The molecule has 0 amide bonds. The highest BCUT2D eigenvalue weighted by molar-refractivity contribution is 7.89. The van der Waals surface area contributed by atoms with Crippen LogP contribution in [0.4, 0.5) is 0 Å². The lowest BCUT2D eigenvalue weighted by atomic mass is 10.1. The van der Waals surface area contributed by atoms with Crippen molar-refractivity contribution in [2.45, 2.75) is 18.2 Å². The third-order valence-electron chi connectivity index (χ3n) is 4.85. The summed E-state index contributed by atoms with van der Waals surface area (Å²) < 4.78 is 33.3. The molecule has 0 aliphatic heterocycles. The van der Waals surface area contributed by atoms with Gasteiger partial charge in [0, 0.05) is 22.4 Å². The minimum absolute atomic E-state index is 0.0724. The molecule has 30 heavy (non-hydrogen) atoms. The molecular weight excluding hydrogens is 422 g/mol. The fourth-order valence-corrected chi connectivity index (χ4v) is 5.09. The van der Waals surface area contributed by atoms with E-state index in [1.807, 2.05) is 29.6 Å². The number of benzene rings is 2. The number of hydrogen-bond acceptors (Lipinski definition) is 5. The van der Waals surface area contributed by atoms with Gasteiger partial charge in [-0.2, -0.15) is 0 Å². The zero-order valence-corrected chi connectivity index (χ0v) is 17.7. The molecule has 0 spiro atoms. The number of aryl methyl sites for hydroxylation is 1. The lowest BCUT2D eigenvalue weighted by Gasteiger charge is -2.08. The van der Waals surface area contributed by atoms with Crippen LogP contribution in [0.3, 0.4) is 0 Å². The summed E-state index contributed by atoms with van der Waals surface area (Å²) in [6.07, 6.45) is 0.550. The molecule has 0 saturated heterocycles. The van der Waals surface area contributed by atoms with Gasteiger partial charge in [-0.25, -0.2) is 17.9 Å². The summed E-state index contributed by atoms with van der Waals surface area (Å²) in [6, 6.07) is 16.4. The fourth-order valence-electron chi connectivity index (χ4n) is 3.31. The van der Waals surface area contributed by atoms with E-state index < -0.39 is 16.0 Å². The zero-order valence-electron chi connectivity index (χ0n) is 16.1. The highest BCUT2D eigenvalue weighted by Gasteiger charge is 2.20. The van der Waals surface area contributed by atoms with Crippen LogP contribution in [0.2, 0.25) is 0 Å². The number of fused-ring (bicyclic) bond motifs is 1. The summed E-state index contributed by atoms with van der Waals surface area (Å²) in [5.41, 5.74) is 2.89. The first-order valence-corrected chi connectivity index (χ1v) is 11.6. The second kappa shape index (κ2) is 8.06. The lowest BCUT2D eigenvalue weighted by Crippen LogP contribution is -2.26. The highest BCUT2D eigenvalue weighted by atomic mass is 32.2. The van der Waals surface area contributed by atoms with Gasteiger partial charge in [0.2, 0.25) is 15.8 Å². The van der Waals surface area contributed by atoms with Gasteiger partial charge in [0.1, 0.15) is 5.58 Å². The van der Waals surface area contributed by atoms with Crippen molar-refractivity contribution in [2.24, 2.45) is 0 Å². The van der Waals surface area contributed by atoms with E-state index in [4.69, 9.17) is 4.42 Å². The van der Waals surface area contributed by atoms with Gasteiger partial charge in [-0.05, 0) is 54.1 Å². The van der Waals surface area contributed by atoms with Crippen molar-refractivity contribution in [3.63, 3.8) is 0 Å². The smallest absolute Gasteiger partial charge is 0.372 e. The number of nitrogens with one attached hydrogen (secondary N) is 1. The van der Waals surface area contributed by atoms with Crippen LogP contribution >= 0.6 is 11.3 Å². The van der Waals surface area contributed by atoms with E-state index in [0.29, 0.717) is 23.0 Å². The molecule has 0 atom stereocenters. The van der Waals surface area contributed by atoms with E-state index in [9.17, 15) is 18.3 Å². The van der Waals surface area contributed by atoms with Crippen LogP contribution < -0.4 is 4.72 Å². The van der Waals surface area contributed by atoms with E-state index in [0.717, 1.165) is 11.1 Å². The Labute approximate surface area is 177 Å². The fraction of sp³-hybridized carbons (Fsp3) is 0.136. The molecule has 2 aromatic carbocycles. The van der Waals surface area contributed by atoms with Crippen molar-refractivity contribution in [2.75, 3.05) is 6.54 Å². The van der Waals surface area contributed by atoms with Gasteiger partial charge in [-0.1, -0.05) is 30.3 Å². The number of carboxylic acids is 1. The summed E-state index contributed by atoms with van der Waals surface area (Å²) in [4.78, 5) is 12.5. The Morgan fingerprint density at radius 2 is 1.97 bits per heavy atom. The third-order valence-corrected chi connectivity index (χ3v) is 7.23. The van der Waals surface area contributed by atoms with Crippen LogP contribution in [-0.2, 0) is 16.4 Å². The Morgan fingerprint density at radius 1 is 1.13 bits per heavy atom. The lowest BCUT2D eigenvalue weighted by molar-refractivity contribution is 0.0664. The van der Waals surface area contributed by atoms with Crippen LogP contribution in [0.1, 0.15) is 21.7 Å². The van der Waals surface area contributed by atoms with Gasteiger partial charge in [0.25, 0.3) is 0 Å². The standard InChI is InChI=1S/C22H19NO5S2/c1-14-18-13-17(7-8-19(18)28-21(14)22(24)25)30(26,27)23-10-9-15-4-2-5-16(12-15)20-6-3-11-29-20/h2-8,11-13,23H,9-10H2,1H3,(H,24,25). The summed E-state index contributed by atoms with van der Waals surface area (Å²) in [7, 11) is -3.74. The molecule has 0 unspecified atom stereocenters. The minimum atomic E-state index is -3.74. The molecule has 0 radical (unpaired) electrons. The molecule has 8 heteroatoms. The predicted molar refractivity (Wildman–Crippen MR) is 117 cm³/mol. The zero-order chi connectivity index (χ0) is 21.3. The summed E-state index contributed by atoms with van der Waals surface area (Å²) in [6.45, 7) is 1.85. The highest BCUT2D eigenvalue weighted by Crippen LogP contribution is 2.28. The molecular formula is C22H19NO5S2. The van der Waals surface area contributed by atoms with E-state index in [1.54, 1.807) is 18.3 Å². The Hall–Kier alpha value is -2.94. The van der Waals surface area contributed by atoms with Crippen molar-refractivity contribution in [1.82, 2.24) is 4.72 Å². The first-order valence-electron chi connectivity index (χ1n) is 9.24.